The van der Waals surface area contributed by atoms with Crippen LogP contribution >= 0.6 is 23.5 Å². The Kier molecular flexibility index (Phi) is 12.0. The molecule has 65 heavy (non-hydrogen) atoms. The lowest BCUT2D eigenvalue weighted by Crippen LogP contribution is -2.38. The van der Waals surface area contributed by atoms with Gasteiger partial charge in [0.2, 0.25) is 11.8 Å². The molecular weight excluding hydrogens is 921 g/mol. The van der Waals surface area contributed by atoms with Crippen LogP contribution in [0.2, 0.25) is 5.02 Å². The van der Waals surface area contributed by atoms with E-state index in [1.165, 1.54) is 37.4 Å². The van der Waals surface area contributed by atoms with Crippen molar-refractivity contribution in [3.8, 4) is 11.6 Å². The molecule has 2 aliphatic carbocycles. The van der Waals surface area contributed by atoms with E-state index in [0.29, 0.717) is 15.4 Å². The summed E-state index contributed by atoms with van der Waals surface area (Å²) in [4.78, 5) is 38.0. The average molecular weight is 954 g/mol. The quantitative estimate of drug-likeness (QED) is 0.0405. The Morgan fingerprint density at radius 3 is 2.51 bits per heavy atom. The summed E-state index contributed by atoms with van der Waals surface area (Å²) in [6.45, 7) is -2.75. The van der Waals surface area contributed by atoms with Crippen LogP contribution in [0.1, 0.15) is 64.4 Å². The summed E-state index contributed by atoms with van der Waals surface area (Å²) < 4.78 is 140. The van der Waals surface area contributed by atoms with E-state index in [1.54, 1.807) is 6.26 Å². The van der Waals surface area contributed by atoms with Gasteiger partial charge in [0.1, 0.15) is 54.4 Å². The summed E-state index contributed by atoms with van der Waals surface area (Å²) in [5.74, 6) is -9.44. The minimum absolute atomic E-state index is 0.00494. The van der Waals surface area contributed by atoms with Gasteiger partial charge in [-0.2, -0.15) is 41.5 Å². The van der Waals surface area contributed by atoms with Crippen LogP contribution < -0.4 is 26.7 Å². The van der Waals surface area contributed by atoms with Gasteiger partial charge in [-0.1, -0.05) is 11.6 Å². The second-order valence-electron chi connectivity index (χ2n) is 15.0. The van der Waals surface area contributed by atoms with Gasteiger partial charge in [-0.25, -0.2) is 22.5 Å². The van der Waals surface area contributed by atoms with Crippen molar-refractivity contribution in [2.75, 3.05) is 18.6 Å². The Hall–Kier alpha value is -6.30. The maximum atomic E-state index is 15.5. The lowest BCUT2D eigenvalue weighted by Gasteiger charge is -2.25. The van der Waals surface area contributed by atoms with Crippen LogP contribution in [0.15, 0.2) is 63.9 Å². The molecule has 0 aliphatic heterocycles. The summed E-state index contributed by atoms with van der Waals surface area (Å²) in [7, 11) is 1.48. The van der Waals surface area contributed by atoms with Gasteiger partial charge in [0, 0.05) is 49.5 Å². The van der Waals surface area contributed by atoms with E-state index in [-0.39, 0.29) is 80.4 Å². The van der Waals surface area contributed by atoms with Gasteiger partial charge in [0.05, 0.1) is 39.1 Å². The molecule has 2 aromatic carbocycles. The first kappa shape index (κ1) is 45.3. The van der Waals surface area contributed by atoms with Crippen LogP contribution in [-0.2, 0) is 36.8 Å². The highest BCUT2D eigenvalue weighted by Crippen LogP contribution is 2.68. The number of benzene rings is 2. The molecule has 3 atom stereocenters. The van der Waals surface area contributed by atoms with E-state index < -0.39 is 90.4 Å². The molecule has 8 rings (SSSR count). The zero-order valence-corrected chi connectivity index (χ0v) is 35.2. The van der Waals surface area contributed by atoms with E-state index in [2.05, 4.69) is 35.2 Å². The summed E-state index contributed by atoms with van der Waals surface area (Å²) >= 11 is 7.60. The fourth-order valence-corrected chi connectivity index (χ4v) is 8.58. The number of nitrogens with zero attached hydrogens (tertiary/aromatic N) is 8. The Labute approximate surface area is 370 Å². The number of nitrogens with two attached hydrogens (primary N) is 1. The molecule has 1 amide bonds. The molecule has 0 saturated heterocycles. The molecule has 6 aromatic rings. The second-order valence-corrected chi connectivity index (χ2v) is 16.0. The minimum atomic E-state index is -4.54. The van der Waals surface area contributed by atoms with Gasteiger partial charge in [-0.15, -0.1) is 0 Å². The number of aromatic nitrogens is 7. The Bertz CT molecular complexity index is 2920. The van der Waals surface area contributed by atoms with Crippen LogP contribution in [0.3, 0.4) is 0 Å². The van der Waals surface area contributed by atoms with Crippen LogP contribution in [0.5, 0.6) is 5.88 Å². The monoisotopic (exact) mass is 953 g/mol. The predicted octanol–water partition coefficient (Wildman–Crippen LogP) is 7.52. The first-order chi connectivity index (χ1) is 30.8. The molecule has 1 fully saturated rings. The van der Waals surface area contributed by atoms with E-state index >= 15 is 8.78 Å². The largest absolute Gasteiger partial charge is 0.471 e. The molecule has 0 spiro atoms. The third kappa shape index (κ3) is 8.92. The number of rotatable bonds is 15. The van der Waals surface area contributed by atoms with Crippen LogP contribution in [-0.4, -0.2) is 65.3 Å². The molecule has 14 nitrogen and oxygen atoms in total. The summed E-state index contributed by atoms with van der Waals surface area (Å²) in [6, 6.07) is 7.51. The van der Waals surface area contributed by atoms with Gasteiger partial charge in [0.15, 0.2) is 5.65 Å². The number of ether oxygens (including phenoxy) is 1. The third-order valence-corrected chi connectivity index (χ3v) is 11.4. The number of amides is 1. The van der Waals surface area contributed by atoms with Crippen molar-refractivity contribution in [2.24, 2.45) is 16.0 Å². The summed E-state index contributed by atoms with van der Waals surface area (Å²) in [6.07, 6.45) is -5.60. The molecule has 342 valence electrons. The Morgan fingerprint density at radius 1 is 1.09 bits per heavy atom. The number of fused-ring (bicyclic) bond motifs is 4. The number of carbonyl (C=O) groups excluding carboxylic acids is 1. The standard InChI is InChI=1S/C40H33ClF9N11O3S/c1-52-31-26(5-4-24(41)30(31)35(51)58-65-2)61-37(55-36-21(38(61)63)3-6-28(54-36)64-15-20-7-8-59(56-20)16-39(46,47)48)25(11-17-9-18(42)12-19(43)10-17)53-27(62)14-60-33-29(32(57-60)34(44)45)22-13-23(22)40(33,49)50/h3-10,12,22-23,25,34,52H,11,13-16H2,1-2H3,(H2,51,58)(H,53,62). The van der Waals surface area contributed by atoms with Gasteiger partial charge in [0.25, 0.3) is 17.9 Å². The van der Waals surface area contributed by atoms with Crippen molar-refractivity contribution < 1.29 is 49.0 Å². The van der Waals surface area contributed by atoms with Crippen molar-refractivity contribution in [2.45, 2.75) is 63.0 Å². The van der Waals surface area contributed by atoms with Crippen molar-refractivity contribution in [3.63, 3.8) is 0 Å². The van der Waals surface area contributed by atoms with Crippen LogP contribution in [0.4, 0.5) is 45.2 Å². The van der Waals surface area contributed by atoms with Crippen molar-refractivity contribution >= 4 is 52.0 Å². The Morgan fingerprint density at radius 2 is 1.83 bits per heavy atom. The number of alkyl halides is 7. The van der Waals surface area contributed by atoms with Crippen molar-refractivity contribution in [3.05, 3.63) is 121 Å². The normalized spacial score (nSPS) is 17.0. The highest BCUT2D eigenvalue weighted by Gasteiger charge is 2.67. The number of hydrogen-bond acceptors (Lipinski definition) is 10. The first-order valence-corrected chi connectivity index (χ1v) is 20.9. The van der Waals surface area contributed by atoms with Crippen molar-refractivity contribution in [1.82, 2.24) is 39.4 Å². The molecule has 3 unspecified atom stereocenters. The number of pyridine rings is 1. The predicted molar refractivity (Wildman–Crippen MR) is 219 cm³/mol. The molecule has 2 aliphatic rings. The molecule has 1 saturated carbocycles. The van der Waals surface area contributed by atoms with Gasteiger partial charge < -0.3 is 21.1 Å². The molecule has 4 N–H and O–H groups in total. The fraction of sp³-hybridized carbons (Fsp3) is 0.325. The highest BCUT2D eigenvalue weighted by atomic mass is 35.5. The van der Waals surface area contributed by atoms with E-state index in [1.807, 2.05) is 0 Å². The highest BCUT2D eigenvalue weighted by molar-refractivity contribution is 7.97. The lowest BCUT2D eigenvalue weighted by atomic mass is 10.0. The zero-order chi connectivity index (χ0) is 46.7. The maximum absolute atomic E-state index is 15.5. The number of nitrogens with one attached hydrogen (secondary N) is 2. The fourth-order valence-electron chi connectivity index (χ4n) is 8.04. The number of halogens is 10. The summed E-state index contributed by atoms with van der Waals surface area (Å²) in [5.41, 5.74) is 3.38. The molecule has 4 heterocycles. The first-order valence-electron chi connectivity index (χ1n) is 19.3. The number of hydrogen-bond donors (Lipinski definition) is 3. The van der Waals surface area contributed by atoms with Gasteiger partial charge >= 0.3 is 6.18 Å². The number of carbonyl (C=O) groups is 1. The molecule has 25 heteroatoms. The molecule has 0 bridgehead atoms. The lowest BCUT2D eigenvalue weighted by molar-refractivity contribution is -0.142. The minimum Gasteiger partial charge on any atom is -0.471 e. The average Bonchev–Trinajstić information content (AvgIpc) is 3.67. The Balaban J connectivity index is 1.27. The number of amidine groups is 1. The topological polar surface area (TPSA) is 172 Å². The zero-order valence-electron chi connectivity index (χ0n) is 33.6. The van der Waals surface area contributed by atoms with Crippen LogP contribution in [0, 0.1) is 17.6 Å². The van der Waals surface area contributed by atoms with E-state index in [0.717, 1.165) is 34.8 Å². The molecule has 4 aromatic heterocycles. The molecular formula is C40H33ClF9N11O3S. The van der Waals surface area contributed by atoms with Gasteiger partial charge in [-0.05, 0) is 66.2 Å². The number of anilines is 1. The maximum Gasteiger partial charge on any atom is 0.408 e. The van der Waals surface area contributed by atoms with E-state index in [9.17, 15) is 40.3 Å². The van der Waals surface area contributed by atoms with Crippen LogP contribution in [0.25, 0.3) is 16.7 Å². The van der Waals surface area contributed by atoms with E-state index in [4.69, 9.17) is 22.1 Å². The third-order valence-electron chi connectivity index (χ3n) is 10.7. The smallest absolute Gasteiger partial charge is 0.408 e. The SMILES string of the molecule is CNc1c(-n2c(C(Cc3cc(F)cc(F)c3)NC(=O)Cn3nc(C(F)F)c4c3C(F)(F)C3CC43)nc3nc(OCc4ccn(CC(F)(F)F)n4)ccc3c2=O)ccc(Cl)c1C(N)=NSC. The summed E-state index contributed by atoms with van der Waals surface area (Å²) in [5, 5.41) is 13.0. The van der Waals surface area contributed by atoms with Gasteiger partial charge in [-0.3, -0.25) is 23.5 Å². The second kappa shape index (κ2) is 17.2. The van der Waals surface area contributed by atoms with Crippen molar-refractivity contribution in [1.29, 1.82) is 0 Å². The molecule has 0 radical (unpaired) electrons.